The maximum absolute atomic E-state index is 13.6. The SMILES string of the molecule is O=C(O)c1cccc2c3c(n(Cc4ccccc4)c12)C(=O)N(c1ccccc1)CC3. The van der Waals surface area contributed by atoms with E-state index in [4.69, 9.17) is 0 Å². The average Bonchev–Trinajstić information content (AvgIpc) is 3.10. The number of carboxylic acid groups (broad SMARTS) is 1. The number of carbonyl (C=O) groups excluding carboxylic acids is 1. The van der Waals surface area contributed by atoms with E-state index in [1.165, 1.54) is 0 Å². The Morgan fingerprint density at radius 1 is 0.900 bits per heavy atom. The fraction of sp³-hybridized carbons (Fsp3) is 0.120. The summed E-state index contributed by atoms with van der Waals surface area (Å²) < 4.78 is 1.89. The smallest absolute Gasteiger partial charge is 0.337 e. The van der Waals surface area contributed by atoms with E-state index in [0.717, 1.165) is 22.2 Å². The number of hydrogen-bond acceptors (Lipinski definition) is 2. The predicted octanol–water partition coefficient (Wildman–Crippen LogP) is 4.59. The number of aromatic carboxylic acids is 1. The van der Waals surface area contributed by atoms with Gasteiger partial charge in [-0.2, -0.15) is 0 Å². The molecule has 1 N–H and O–H groups in total. The van der Waals surface area contributed by atoms with E-state index in [-0.39, 0.29) is 11.5 Å². The van der Waals surface area contributed by atoms with Crippen molar-refractivity contribution >= 4 is 28.5 Å². The third-order valence-electron chi connectivity index (χ3n) is 5.70. The first-order valence-corrected chi connectivity index (χ1v) is 9.93. The van der Waals surface area contributed by atoms with Crippen molar-refractivity contribution < 1.29 is 14.7 Å². The van der Waals surface area contributed by atoms with Gasteiger partial charge in [-0.1, -0.05) is 60.7 Å². The van der Waals surface area contributed by atoms with Crippen LogP contribution in [0.5, 0.6) is 0 Å². The zero-order chi connectivity index (χ0) is 20.7. The van der Waals surface area contributed by atoms with Crippen LogP contribution in [-0.4, -0.2) is 28.1 Å². The molecule has 0 radical (unpaired) electrons. The number of carbonyl (C=O) groups is 2. The van der Waals surface area contributed by atoms with Crippen LogP contribution in [0.3, 0.4) is 0 Å². The van der Waals surface area contributed by atoms with Gasteiger partial charge in [-0.05, 0) is 35.7 Å². The maximum atomic E-state index is 13.6. The molecule has 0 bridgehead atoms. The molecule has 0 atom stereocenters. The van der Waals surface area contributed by atoms with Crippen molar-refractivity contribution in [2.45, 2.75) is 13.0 Å². The van der Waals surface area contributed by atoms with E-state index >= 15 is 0 Å². The zero-order valence-electron chi connectivity index (χ0n) is 16.3. The molecule has 0 spiro atoms. The Morgan fingerprint density at radius 2 is 1.60 bits per heavy atom. The van der Waals surface area contributed by atoms with E-state index in [9.17, 15) is 14.7 Å². The minimum absolute atomic E-state index is 0.0917. The number of carboxylic acids is 1. The molecular weight excluding hydrogens is 376 g/mol. The normalized spacial score (nSPS) is 13.5. The second-order valence-corrected chi connectivity index (χ2v) is 7.45. The van der Waals surface area contributed by atoms with E-state index in [2.05, 4.69) is 0 Å². The van der Waals surface area contributed by atoms with Crippen molar-refractivity contribution in [3.05, 3.63) is 101 Å². The summed E-state index contributed by atoms with van der Waals surface area (Å²) in [6, 6.07) is 24.7. The molecule has 3 aromatic carbocycles. The summed E-state index contributed by atoms with van der Waals surface area (Å²) in [4.78, 5) is 27.4. The molecule has 5 nitrogen and oxygen atoms in total. The molecule has 1 amide bonds. The largest absolute Gasteiger partial charge is 0.478 e. The molecule has 1 aliphatic rings. The van der Waals surface area contributed by atoms with Crippen molar-refractivity contribution in [3.8, 4) is 0 Å². The zero-order valence-corrected chi connectivity index (χ0v) is 16.3. The fourth-order valence-electron chi connectivity index (χ4n) is 4.38. The molecule has 148 valence electrons. The first-order valence-electron chi connectivity index (χ1n) is 9.93. The van der Waals surface area contributed by atoms with Gasteiger partial charge < -0.3 is 14.6 Å². The molecule has 0 fully saturated rings. The van der Waals surface area contributed by atoms with Gasteiger partial charge in [0.25, 0.3) is 5.91 Å². The van der Waals surface area contributed by atoms with Crippen LogP contribution >= 0.6 is 0 Å². The fourth-order valence-corrected chi connectivity index (χ4v) is 4.38. The lowest BCUT2D eigenvalue weighted by Crippen LogP contribution is -2.38. The Kier molecular flexibility index (Phi) is 4.36. The first kappa shape index (κ1) is 18.2. The summed E-state index contributed by atoms with van der Waals surface area (Å²) in [7, 11) is 0. The van der Waals surface area contributed by atoms with Crippen LogP contribution in [0.2, 0.25) is 0 Å². The summed E-state index contributed by atoms with van der Waals surface area (Å²) in [5.74, 6) is -1.08. The molecule has 0 aliphatic carbocycles. The highest BCUT2D eigenvalue weighted by Crippen LogP contribution is 2.35. The van der Waals surface area contributed by atoms with E-state index < -0.39 is 5.97 Å². The van der Waals surface area contributed by atoms with E-state index in [1.54, 1.807) is 17.0 Å². The van der Waals surface area contributed by atoms with Crippen LogP contribution < -0.4 is 4.90 Å². The van der Waals surface area contributed by atoms with Gasteiger partial charge in [-0.15, -0.1) is 0 Å². The predicted molar refractivity (Wildman–Crippen MR) is 116 cm³/mol. The number of fused-ring (bicyclic) bond motifs is 3. The van der Waals surface area contributed by atoms with Gasteiger partial charge in [-0.3, -0.25) is 4.79 Å². The second-order valence-electron chi connectivity index (χ2n) is 7.45. The Balaban J connectivity index is 1.75. The van der Waals surface area contributed by atoms with Gasteiger partial charge in [0.15, 0.2) is 0 Å². The Labute approximate surface area is 173 Å². The highest BCUT2D eigenvalue weighted by Gasteiger charge is 2.33. The molecule has 0 saturated heterocycles. The van der Waals surface area contributed by atoms with Crippen LogP contribution in [0.1, 0.15) is 32.0 Å². The minimum atomic E-state index is -0.989. The van der Waals surface area contributed by atoms with Gasteiger partial charge in [0.1, 0.15) is 5.69 Å². The number of rotatable bonds is 4. The third kappa shape index (κ3) is 2.87. The topological polar surface area (TPSA) is 62.5 Å². The molecule has 1 aliphatic heterocycles. The molecule has 4 aromatic rings. The average molecular weight is 396 g/mol. The first-order chi connectivity index (χ1) is 14.6. The van der Waals surface area contributed by atoms with Crippen LogP contribution in [0, 0.1) is 0 Å². The number of aromatic nitrogens is 1. The molecule has 0 unspecified atom stereocenters. The Morgan fingerprint density at radius 3 is 2.30 bits per heavy atom. The van der Waals surface area contributed by atoms with Crippen LogP contribution in [-0.2, 0) is 13.0 Å². The summed E-state index contributed by atoms with van der Waals surface area (Å²) >= 11 is 0. The van der Waals surface area contributed by atoms with E-state index in [0.29, 0.717) is 30.7 Å². The Bertz CT molecular complexity index is 1260. The van der Waals surface area contributed by atoms with Crippen molar-refractivity contribution in [2.75, 3.05) is 11.4 Å². The minimum Gasteiger partial charge on any atom is -0.478 e. The number of anilines is 1. The summed E-state index contributed by atoms with van der Waals surface area (Å²) in [5.41, 5.74) is 4.21. The Hall–Kier alpha value is -3.86. The molecule has 30 heavy (non-hydrogen) atoms. The van der Waals surface area contributed by atoms with E-state index in [1.807, 2.05) is 71.3 Å². The van der Waals surface area contributed by atoms with Crippen LogP contribution in [0.4, 0.5) is 5.69 Å². The number of benzene rings is 3. The van der Waals surface area contributed by atoms with Gasteiger partial charge in [0.05, 0.1) is 11.1 Å². The van der Waals surface area contributed by atoms with Crippen molar-refractivity contribution in [1.82, 2.24) is 4.57 Å². The van der Waals surface area contributed by atoms with Crippen molar-refractivity contribution in [3.63, 3.8) is 0 Å². The highest BCUT2D eigenvalue weighted by atomic mass is 16.4. The number of amides is 1. The van der Waals surface area contributed by atoms with Crippen LogP contribution in [0.15, 0.2) is 78.9 Å². The van der Waals surface area contributed by atoms with Crippen molar-refractivity contribution in [1.29, 1.82) is 0 Å². The monoisotopic (exact) mass is 396 g/mol. The summed E-state index contributed by atoms with van der Waals surface area (Å²) in [6.45, 7) is 1.00. The second kappa shape index (κ2) is 7.19. The molecule has 0 saturated carbocycles. The maximum Gasteiger partial charge on any atom is 0.337 e. The third-order valence-corrected chi connectivity index (χ3v) is 5.70. The van der Waals surface area contributed by atoms with Gasteiger partial charge >= 0.3 is 5.97 Å². The molecular formula is C25H20N2O3. The highest BCUT2D eigenvalue weighted by molar-refractivity contribution is 6.13. The lowest BCUT2D eigenvalue weighted by Gasteiger charge is -2.28. The molecule has 5 heteroatoms. The standard InChI is InChI=1S/C25H20N2O3/c28-24-23-20(14-15-26(24)18-10-5-2-6-11-18)19-12-7-13-21(25(29)30)22(19)27(23)16-17-8-3-1-4-9-17/h1-13H,14-16H2,(H,29,30). The lowest BCUT2D eigenvalue weighted by atomic mass is 10.0. The molecule has 1 aromatic heterocycles. The van der Waals surface area contributed by atoms with Crippen LogP contribution in [0.25, 0.3) is 10.9 Å². The number of para-hydroxylation sites is 2. The molecule has 2 heterocycles. The quantitative estimate of drug-likeness (QED) is 0.549. The van der Waals surface area contributed by atoms with Gasteiger partial charge in [0, 0.05) is 24.2 Å². The van der Waals surface area contributed by atoms with Gasteiger partial charge in [-0.25, -0.2) is 4.79 Å². The lowest BCUT2D eigenvalue weighted by molar-refractivity contribution is 0.0698. The number of hydrogen-bond donors (Lipinski definition) is 1. The summed E-state index contributed by atoms with van der Waals surface area (Å²) in [6.07, 6.45) is 0.678. The number of nitrogens with zero attached hydrogens (tertiary/aromatic N) is 2. The van der Waals surface area contributed by atoms with Crippen molar-refractivity contribution in [2.24, 2.45) is 0 Å². The van der Waals surface area contributed by atoms with Gasteiger partial charge in [0.2, 0.25) is 0 Å². The summed E-state index contributed by atoms with van der Waals surface area (Å²) in [5, 5.41) is 10.7. The molecule has 5 rings (SSSR count).